The van der Waals surface area contributed by atoms with Crippen molar-refractivity contribution < 1.29 is 4.79 Å². The molecular weight excluding hydrogens is 316 g/mol. The molecule has 0 radical (unpaired) electrons. The lowest BCUT2D eigenvalue weighted by molar-refractivity contribution is 0.248. The molecule has 0 fully saturated rings. The van der Waals surface area contributed by atoms with Crippen molar-refractivity contribution in [3.8, 4) is 0 Å². The number of benzene rings is 2. The monoisotopic (exact) mass is 332 g/mol. The molecule has 1 heterocycles. The fourth-order valence-electron chi connectivity index (χ4n) is 2.56. The van der Waals surface area contributed by atoms with Crippen molar-refractivity contribution in [1.29, 1.82) is 0 Å². The van der Waals surface area contributed by atoms with E-state index in [4.69, 9.17) is 11.6 Å². The fraction of sp³-hybridized carbons (Fsp3) is 0.235. The second-order valence-corrected chi connectivity index (χ2v) is 6.91. The van der Waals surface area contributed by atoms with Crippen molar-refractivity contribution >= 4 is 35.1 Å². The first-order valence-electron chi connectivity index (χ1n) is 7.18. The summed E-state index contributed by atoms with van der Waals surface area (Å²) in [5.41, 5.74) is 3.01. The Labute approximate surface area is 139 Å². The first kappa shape index (κ1) is 15.3. The van der Waals surface area contributed by atoms with Crippen molar-refractivity contribution in [3.05, 3.63) is 58.6 Å². The number of aryl methyl sites for hydroxylation is 1. The molecule has 1 atom stereocenters. The van der Waals surface area contributed by atoms with Crippen LogP contribution in [0.4, 0.5) is 10.5 Å². The SMILES string of the molecule is Cc1cccc(NC(=O)N[C@H]2CCSc3ccc(Cl)cc32)c1. The average molecular weight is 333 g/mol. The maximum absolute atomic E-state index is 12.2. The van der Waals surface area contributed by atoms with Crippen LogP contribution < -0.4 is 10.6 Å². The maximum Gasteiger partial charge on any atom is 0.319 e. The molecule has 0 spiro atoms. The van der Waals surface area contributed by atoms with E-state index < -0.39 is 0 Å². The van der Waals surface area contributed by atoms with Crippen molar-refractivity contribution in [3.63, 3.8) is 0 Å². The maximum atomic E-state index is 12.2. The summed E-state index contributed by atoms with van der Waals surface area (Å²) in [6.07, 6.45) is 0.902. The number of thioether (sulfide) groups is 1. The summed E-state index contributed by atoms with van der Waals surface area (Å²) in [5, 5.41) is 6.63. The first-order chi connectivity index (χ1) is 10.6. The lowest BCUT2D eigenvalue weighted by Crippen LogP contribution is -2.34. The Balaban J connectivity index is 1.71. The summed E-state index contributed by atoms with van der Waals surface area (Å²) >= 11 is 7.89. The number of halogens is 1. The van der Waals surface area contributed by atoms with Gasteiger partial charge in [0.1, 0.15) is 0 Å². The average Bonchev–Trinajstić information content (AvgIpc) is 2.48. The van der Waals surface area contributed by atoms with Crippen LogP contribution in [0.2, 0.25) is 5.02 Å². The third-order valence-electron chi connectivity index (χ3n) is 3.59. The van der Waals surface area contributed by atoms with E-state index in [1.807, 2.05) is 49.4 Å². The number of nitrogens with one attached hydrogen (secondary N) is 2. The molecule has 0 aromatic heterocycles. The number of anilines is 1. The second-order valence-electron chi connectivity index (χ2n) is 5.34. The van der Waals surface area contributed by atoms with E-state index in [9.17, 15) is 4.79 Å². The van der Waals surface area contributed by atoms with Gasteiger partial charge in [-0.3, -0.25) is 0 Å². The van der Waals surface area contributed by atoms with E-state index in [1.165, 1.54) is 4.90 Å². The molecule has 1 aliphatic heterocycles. The molecule has 0 unspecified atom stereocenters. The summed E-state index contributed by atoms with van der Waals surface area (Å²) in [4.78, 5) is 13.4. The van der Waals surface area contributed by atoms with Gasteiger partial charge in [-0.25, -0.2) is 4.79 Å². The Kier molecular flexibility index (Phi) is 4.60. The lowest BCUT2D eigenvalue weighted by atomic mass is 10.0. The van der Waals surface area contributed by atoms with Gasteiger partial charge in [0, 0.05) is 21.4 Å². The third-order valence-corrected chi connectivity index (χ3v) is 4.95. The lowest BCUT2D eigenvalue weighted by Gasteiger charge is -2.26. The highest BCUT2D eigenvalue weighted by Gasteiger charge is 2.22. The number of hydrogen-bond donors (Lipinski definition) is 2. The van der Waals surface area contributed by atoms with Gasteiger partial charge in [0.05, 0.1) is 6.04 Å². The number of urea groups is 1. The third kappa shape index (κ3) is 3.57. The van der Waals surface area contributed by atoms with E-state index in [1.54, 1.807) is 11.8 Å². The highest BCUT2D eigenvalue weighted by Crippen LogP contribution is 2.37. The molecule has 2 N–H and O–H groups in total. The molecule has 2 amide bonds. The van der Waals surface area contributed by atoms with Gasteiger partial charge in [-0.05, 0) is 54.8 Å². The zero-order valence-corrected chi connectivity index (χ0v) is 13.8. The van der Waals surface area contributed by atoms with Gasteiger partial charge in [-0.1, -0.05) is 23.7 Å². The van der Waals surface area contributed by atoms with Crippen LogP contribution in [0.3, 0.4) is 0 Å². The van der Waals surface area contributed by atoms with E-state index >= 15 is 0 Å². The van der Waals surface area contributed by atoms with Crippen LogP contribution in [0, 0.1) is 6.92 Å². The van der Waals surface area contributed by atoms with Crippen molar-refractivity contribution in [2.24, 2.45) is 0 Å². The van der Waals surface area contributed by atoms with Gasteiger partial charge in [0.25, 0.3) is 0 Å². The Hall–Kier alpha value is -1.65. The standard InChI is InChI=1S/C17H17ClN2OS/c1-11-3-2-4-13(9-11)19-17(21)20-15-7-8-22-16-6-5-12(18)10-14(15)16/h2-6,9-10,15H,7-8H2,1H3,(H2,19,20,21)/t15-/m0/s1. The number of hydrogen-bond acceptors (Lipinski definition) is 2. The molecular formula is C17H17ClN2OS. The topological polar surface area (TPSA) is 41.1 Å². The highest BCUT2D eigenvalue weighted by atomic mass is 35.5. The van der Waals surface area contributed by atoms with E-state index in [0.717, 1.165) is 29.0 Å². The fourth-order valence-corrected chi connectivity index (χ4v) is 3.85. The molecule has 1 aliphatic rings. The summed E-state index contributed by atoms with van der Waals surface area (Å²) in [6.45, 7) is 2.00. The van der Waals surface area contributed by atoms with Crippen LogP contribution in [0.5, 0.6) is 0 Å². The molecule has 2 aromatic rings. The summed E-state index contributed by atoms with van der Waals surface area (Å²) < 4.78 is 0. The van der Waals surface area contributed by atoms with Crippen LogP contribution in [0.15, 0.2) is 47.4 Å². The quantitative estimate of drug-likeness (QED) is 0.811. The molecule has 0 bridgehead atoms. The van der Waals surface area contributed by atoms with Crippen LogP contribution in [0.25, 0.3) is 0 Å². The molecule has 3 rings (SSSR count). The molecule has 114 valence electrons. The predicted octanol–water partition coefficient (Wildman–Crippen LogP) is 5.01. The number of amides is 2. The van der Waals surface area contributed by atoms with Crippen LogP contribution in [-0.2, 0) is 0 Å². The predicted molar refractivity (Wildman–Crippen MR) is 92.9 cm³/mol. The van der Waals surface area contributed by atoms with Crippen LogP contribution in [-0.4, -0.2) is 11.8 Å². The molecule has 0 aliphatic carbocycles. The zero-order chi connectivity index (χ0) is 15.5. The minimum atomic E-state index is -0.187. The second kappa shape index (κ2) is 6.63. The Morgan fingerprint density at radius 1 is 1.27 bits per heavy atom. The minimum absolute atomic E-state index is 0.000223. The van der Waals surface area contributed by atoms with Crippen molar-refractivity contribution in [2.45, 2.75) is 24.3 Å². The van der Waals surface area contributed by atoms with Crippen LogP contribution >= 0.6 is 23.4 Å². The largest absolute Gasteiger partial charge is 0.331 e. The number of carbonyl (C=O) groups is 1. The molecule has 0 saturated heterocycles. The Morgan fingerprint density at radius 2 is 2.14 bits per heavy atom. The molecule has 2 aromatic carbocycles. The number of carbonyl (C=O) groups excluding carboxylic acids is 1. The van der Waals surface area contributed by atoms with Gasteiger partial charge in [0.2, 0.25) is 0 Å². The minimum Gasteiger partial charge on any atom is -0.331 e. The molecule has 22 heavy (non-hydrogen) atoms. The van der Waals surface area contributed by atoms with Crippen molar-refractivity contribution in [1.82, 2.24) is 5.32 Å². The Bertz CT molecular complexity index is 705. The highest BCUT2D eigenvalue weighted by molar-refractivity contribution is 7.99. The van der Waals surface area contributed by atoms with E-state index in [0.29, 0.717) is 5.02 Å². The zero-order valence-electron chi connectivity index (χ0n) is 12.2. The summed E-state index contributed by atoms with van der Waals surface area (Å²) in [5.74, 6) is 0.990. The van der Waals surface area contributed by atoms with Crippen LogP contribution in [0.1, 0.15) is 23.6 Å². The number of rotatable bonds is 2. The summed E-state index contributed by atoms with van der Waals surface area (Å²) in [6, 6.07) is 13.4. The summed E-state index contributed by atoms with van der Waals surface area (Å²) in [7, 11) is 0. The van der Waals surface area contributed by atoms with E-state index in [-0.39, 0.29) is 12.1 Å². The van der Waals surface area contributed by atoms with Gasteiger partial charge >= 0.3 is 6.03 Å². The molecule has 0 saturated carbocycles. The first-order valence-corrected chi connectivity index (χ1v) is 8.54. The normalized spacial score (nSPS) is 16.7. The van der Waals surface area contributed by atoms with Crippen molar-refractivity contribution in [2.75, 3.05) is 11.1 Å². The molecule has 5 heteroatoms. The van der Waals surface area contributed by atoms with Gasteiger partial charge < -0.3 is 10.6 Å². The number of fused-ring (bicyclic) bond motifs is 1. The smallest absolute Gasteiger partial charge is 0.319 e. The Morgan fingerprint density at radius 3 is 2.95 bits per heavy atom. The molecule has 3 nitrogen and oxygen atoms in total. The van der Waals surface area contributed by atoms with E-state index in [2.05, 4.69) is 10.6 Å². The van der Waals surface area contributed by atoms with Gasteiger partial charge in [0.15, 0.2) is 0 Å². The van der Waals surface area contributed by atoms with Gasteiger partial charge in [-0.15, -0.1) is 11.8 Å². The van der Waals surface area contributed by atoms with Gasteiger partial charge in [-0.2, -0.15) is 0 Å².